The molecular formula is C24H18N6O4S. The Morgan fingerprint density at radius 3 is 2.63 bits per heavy atom. The summed E-state index contributed by atoms with van der Waals surface area (Å²) in [6, 6.07) is 18.6. The number of non-ortho nitro benzene ring substituents is 1. The number of H-pyrrole nitrogens is 1. The van der Waals surface area contributed by atoms with Gasteiger partial charge in [-0.15, -0.1) is 0 Å². The number of aromatic amines is 1. The number of nitro groups is 1. The molecule has 1 amide bonds. The number of anilines is 1. The molecule has 35 heavy (non-hydrogen) atoms. The lowest BCUT2D eigenvalue weighted by atomic mass is 10.2. The highest BCUT2D eigenvalue weighted by Gasteiger charge is 2.13. The molecule has 0 saturated heterocycles. The summed E-state index contributed by atoms with van der Waals surface area (Å²) in [7, 11) is 1.64. The molecule has 11 heteroatoms. The number of hydrogen-bond donors (Lipinski definition) is 2. The molecule has 0 spiro atoms. The summed E-state index contributed by atoms with van der Waals surface area (Å²) in [4.78, 5) is 47.6. The van der Waals surface area contributed by atoms with Crippen LogP contribution < -0.4 is 10.9 Å². The van der Waals surface area contributed by atoms with E-state index in [-0.39, 0.29) is 22.9 Å². The minimum Gasteiger partial charge on any atom is -0.338 e. The van der Waals surface area contributed by atoms with Gasteiger partial charge in [-0.05, 0) is 42.5 Å². The van der Waals surface area contributed by atoms with Crippen LogP contribution in [-0.4, -0.2) is 36.1 Å². The Kier molecular flexibility index (Phi) is 5.75. The smallest absolute Gasteiger partial charge is 0.271 e. The Morgan fingerprint density at radius 2 is 1.86 bits per heavy atom. The van der Waals surface area contributed by atoms with E-state index in [1.807, 2.05) is 6.07 Å². The van der Waals surface area contributed by atoms with E-state index in [0.717, 1.165) is 5.56 Å². The molecule has 3 aromatic carbocycles. The Balaban J connectivity index is 1.26. The van der Waals surface area contributed by atoms with E-state index in [2.05, 4.69) is 20.3 Å². The van der Waals surface area contributed by atoms with Gasteiger partial charge in [0.1, 0.15) is 5.82 Å². The average molecular weight is 487 g/mol. The van der Waals surface area contributed by atoms with Gasteiger partial charge in [-0.1, -0.05) is 23.9 Å². The average Bonchev–Trinajstić information content (AvgIpc) is 3.29. The zero-order valence-electron chi connectivity index (χ0n) is 18.4. The SMILES string of the molecule is Cn1c(SCC(=O)Nc2ccc(-c3nc4ccc([N+](=O)[O-])cc4[nH]3)cc2)nc2ccccc2c1=O. The third kappa shape index (κ3) is 4.49. The zero-order valence-corrected chi connectivity index (χ0v) is 19.2. The summed E-state index contributed by atoms with van der Waals surface area (Å²) in [5.41, 5.74) is 2.99. The van der Waals surface area contributed by atoms with E-state index in [0.29, 0.717) is 38.6 Å². The summed E-state index contributed by atoms with van der Waals surface area (Å²) in [5, 5.41) is 14.8. The molecule has 0 radical (unpaired) electrons. The fraction of sp³-hybridized carbons (Fsp3) is 0.0833. The van der Waals surface area contributed by atoms with E-state index in [1.165, 1.54) is 28.5 Å². The van der Waals surface area contributed by atoms with E-state index >= 15 is 0 Å². The van der Waals surface area contributed by atoms with Crippen LogP contribution in [0.4, 0.5) is 11.4 Å². The lowest BCUT2D eigenvalue weighted by Gasteiger charge is -2.09. The first-order valence-corrected chi connectivity index (χ1v) is 11.5. The summed E-state index contributed by atoms with van der Waals surface area (Å²) in [6.45, 7) is 0. The van der Waals surface area contributed by atoms with Crippen molar-refractivity contribution in [3.63, 3.8) is 0 Å². The van der Waals surface area contributed by atoms with Crippen molar-refractivity contribution in [3.8, 4) is 11.4 Å². The number of nitrogens with one attached hydrogen (secondary N) is 2. The summed E-state index contributed by atoms with van der Waals surface area (Å²) in [6.07, 6.45) is 0. The maximum absolute atomic E-state index is 12.5. The molecule has 5 aromatic rings. The predicted octanol–water partition coefficient (Wildman–Crippen LogP) is 4.12. The molecule has 0 aliphatic carbocycles. The van der Waals surface area contributed by atoms with Crippen LogP contribution in [0.25, 0.3) is 33.3 Å². The van der Waals surface area contributed by atoms with E-state index in [9.17, 15) is 19.7 Å². The van der Waals surface area contributed by atoms with Crippen molar-refractivity contribution in [2.45, 2.75) is 5.16 Å². The van der Waals surface area contributed by atoms with Crippen LogP contribution in [0.2, 0.25) is 0 Å². The van der Waals surface area contributed by atoms with Gasteiger partial charge in [-0.3, -0.25) is 24.3 Å². The van der Waals surface area contributed by atoms with E-state index in [1.54, 1.807) is 55.6 Å². The highest BCUT2D eigenvalue weighted by atomic mass is 32.2. The molecule has 0 aliphatic heterocycles. The highest BCUT2D eigenvalue weighted by molar-refractivity contribution is 7.99. The van der Waals surface area contributed by atoms with Crippen LogP contribution in [0.15, 0.2) is 76.7 Å². The van der Waals surface area contributed by atoms with Gasteiger partial charge >= 0.3 is 0 Å². The minimum absolute atomic E-state index is 0.0115. The molecule has 0 aliphatic rings. The molecule has 10 nitrogen and oxygen atoms in total. The molecule has 0 bridgehead atoms. The summed E-state index contributed by atoms with van der Waals surface area (Å²) in [5.74, 6) is 0.418. The number of imidazole rings is 1. The Labute approximate surface area is 202 Å². The van der Waals surface area contributed by atoms with Gasteiger partial charge in [-0.2, -0.15) is 0 Å². The van der Waals surface area contributed by atoms with Crippen LogP contribution >= 0.6 is 11.8 Å². The first-order valence-electron chi connectivity index (χ1n) is 10.5. The van der Waals surface area contributed by atoms with Crippen molar-refractivity contribution in [1.82, 2.24) is 19.5 Å². The second-order valence-corrected chi connectivity index (χ2v) is 8.68. The summed E-state index contributed by atoms with van der Waals surface area (Å²) < 4.78 is 1.44. The van der Waals surface area contributed by atoms with Crippen molar-refractivity contribution in [3.05, 3.63) is 87.2 Å². The zero-order chi connectivity index (χ0) is 24.5. The number of nitro benzene ring substituents is 1. The molecule has 2 aromatic heterocycles. The van der Waals surface area contributed by atoms with E-state index in [4.69, 9.17) is 0 Å². The molecule has 5 rings (SSSR count). The maximum atomic E-state index is 12.5. The molecule has 174 valence electrons. The molecule has 0 fully saturated rings. The standard InChI is InChI=1S/C24H18N6O4S/c1-29-23(32)17-4-2-3-5-18(17)28-24(29)35-13-21(31)25-15-8-6-14(7-9-15)22-26-19-11-10-16(30(33)34)12-20(19)27-22/h2-12H,13H2,1H3,(H,25,31)(H,26,27). The number of carbonyl (C=O) groups is 1. The van der Waals surface area contributed by atoms with Crippen LogP contribution in [0.3, 0.4) is 0 Å². The number of fused-ring (bicyclic) bond motifs is 2. The Hall–Kier alpha value is -4.51. The fourth-order valence-electron chi connectivity index (χ4n) is 3.61. The number of benzene rings is 3. The molecule has 0 unspecified atom stereocenters. The maximum Gasteiger partial charge on any atom is 0.271 e. The van der Waals surface area contributed by atoms with Gasteiger partial charge in [-0.25, -0.2) is 9.97 Å². The molecule has 2 heterocycles. The van der Waals surface area contributed by atoms with Gasteiger partial charge in [0.25, 0.3) is 11.2 Å². The second-order valence-electron chi connectivity index (χ2n) is 7.73. The number of carbonyl (C=O) groups excluding carboxylic acids is 1. The number of nitrogens with zero attached hydrogens (tertiary/aromatic N) is 4. The van der Waals surface area contributed by atoms with Gasteiger partial charge < -0.3 is 10.3 Å². The third-order valence-corrected chi connectivity index (χ3v) is 6.42. The van der Waals surface area contributed by atoms with Crippen LogP contribution in [0, 0.1) is 10.1 Å². The minimum atomic E-state index is -0.453. The van der Waals surface area contributed by atoms with Crippen LogP contribution in [0.1, 0.15) is 0 Å². The van der Waals surface area contributed by atoms with Crippen molar-refractivity contribution in [2.24, 2.45) is 7.05 Å². The number of rotatable bonds is 6. The van der Waals surface area contributed by atoms with Gasteiger partial charge in [0.15, 0.2) is 5.16 Å². The number of thioether (sulfide) groups is 1. The highest BCUT2D eigenvalue weighted by Crippen LogP contribution is 2.25. The quantitative estimate of drug-likeness (QED) is 0.159. The first kappa shape index (κ1) is 22.3. The molecule has 0 saturated carbocycles. The summed E-state index contributed by atoms with van der Waals surface area (Å²) >= 11 is 1.19. The molecule has 2 N–H and O–H groups in total. The topological polar surface area (TPSA) is 136 Å². The Bertz CT molecular complexity index is 1660. The number of aromatic nitrogens is 4. The lowest BCUT2D eigenvalue weighted by Crippen LogP contribution is -2.21. The first-order chi connectivity index (χ1) is 16.9. The van der Waals surface area contributed by atoms with Gasteiger partial charge in [0.2, 0.25) is 5.91 Å². The number of hydrogen-bond acceptors (Lipinski definition) is 7. The van der Waals surface area contributed by atoms with Gasteiger partial charge in [0, 0.05) is 30.4 Å². The third-order valence-electron chi connectivity index (χ3n) is 5.39. The largest absolute Gasteiger partial charge is 0.338 e. The van der Waals surface area contributed by atoms with Crippen molar-refractivity contribution < 1.29 is 9.72 Å². The van der Waals surface area contributed by atoms with Crippen molar-refractivity contribution >= 4 is 51.0 Å². The normalized spacial score (nSPS) is 11.1. The van der Waals surface area contributed by atoms with Crippen LogP contribution in [-0.2, 0) is 11.8 Å². The lowest BCUT2D eigenvalue weighted by molar-refractivity contribution is -0.384. The van der Waals surface area contributed by atoms with Crippen molar-refractivity contribution in [1.29, 1.82) is 0 Å². The number of amides is 1. The van der Waals surface area contributed by atoms with Gasteiger partial charge in [0.05, 0.1) is 32.6 Å². The van der Waals surface area contributed by atoms with Crippen molar-refractivity contribution in [2.75, 3.05) is 11.1 Å². The predicted molar refractivity (Wildman–Crippen MR) is 135 cm³/mol. The second kappa shape index (κ2) is 9.03. The Morgan fingerprint density at radius 1 is 1.09 bits per heavy atom. The number of para-hydroxylation sites is 1. The van der Waals surface area contributed by atoms with E-state index < -0.39 is 4.92 Å². The molecular weight excluding hydrogens is 468 g/mol. The monoisotopic (exact) mass is 486 g/mol. The fourth-order valence-corrected chi connectivity index (χ4v) is 4.38. The van der Waals surface area contributed by atoms with Crippen LogP contribution in [0.5, 0.6) is 0 Å². The molecule has 0 atom stereocenters.